The van der Waals surface area contributed by atoms with Gasteiger partial charge in [-0.05, 0) is 6.42 Å². The molecule has 5 heteroatoms. The third kappa shape index (κ3) is 11.8. The number of barbiturate groups is 1. The van der Waals surface area contributed by atoms with Crippen LogP contribution < -0.4 is 5.32 Å². The van der Waals surface area contributed by atoms with Crippen molar-refractivity contribution in [3.63, 3.8) is 0 Å². The Morgan fingerprint density at radius 3 is 1.48 bits per heavy atom. The molecule has 1 fully saturated rings. The van der Waals surface area contributed by atoms with Gasteiger partial charge in [0.1, 0.15) is 6.42 Å². The first kappa shape index (κ1) is 23.6. The summed E-state index contributed by atoms with van der Waals surface area (Å²) in [5.74, 6) is -0.863. The highest BCUT2D eigenvalue weighted by Crippen LogP contribution is 2.14. The molecule has 0 radical (unpaired) electrons. The van der Waals surface area contributed by atoms with Crippen molar-refractivity contribution in [2.45, 2.75) is 116 Å². The fraction of sp³-hybridized carbons (Fsp3) is 0.864. The van der Waals surface area contributed by atoms with Crippen LogP contribution in [0.15, 0.2) is 0 Å². The lowest BCUT2D eigenvalue weighted by molar-refractivity contribution is -0.136. The van der Waals surface area contributed by atoms with Crippen LogP contribution in [0.4, 0.5) is 4.79 Å². The minimum absolute atomic E-state index is 0.204. The van der Waals surface area contributed by atoms with Crippen LogP contribution in [-0.2, 0) is 9.59 Å². The Kier molecular flexibility index (Phi) is 13.7. The molecule has 0 unspecified atom stereocenters. The fourth-order valence-corrected chi connectivity index (χ4v) is 3.62. The molecule has 1 rings (SSSR count). The molecule has 1 N–H and O–H groups in total. The molecule has 156 valence electrons. The van der Waals surface area contributed by atoms with Gasteiger partial charge < -0.3 is 0 Å². The summed E-state index contributed by atoms with van der Waals surface area (Å²) in [6, 6.07) is -0.558. The molecule has 1 saturated heterocycles. The molecular weight excluding hydrogens is 340 g/mol. The summed E-state index contributed by atoms with van der Waals surface area (Å²) in [4.78, 5) is 35.5. The maximum absolute atomic E-state index is 11.7. The molecule has 1 aliphatic rings. The minimum atomic E-state index is -0.558. The van der Waals surface area contributed by atoms with Crippen LogP contribution in [-0.4, -0.2) is 29.3 Å². The lowest BCUT2D eigenvalue weighted by atomic mass is 10.0. The third-order valence-electron chi connectivity index (χ3n) is 5.34. The Morgan fingerprint density at radius 2 is 1.07 bits per heavy atom. The van der Waals surface area contributed by atoms with Gasteiger partial charge in [0.15, 0.2) is 0 Å². The predicted molar refractivity (Wildman–Crippen MR) is 109 cm³/mol. The molecule has 0 spiro atoms. The molecule has 0 aromatic carbocycles. The topological polar surface area (TPSA) is 66.5 Å². The highest BCUT2D eigenvalue weighted by molar-refractivity contribution is 6.14. The molecule has 4 amide bonds. The van der Waals surface area contributed by atoms with E-state index in [0.29, 0.717) is 6.54 Å². The van der Waals surface area contributed by atoms with Crippen molar-refractivity contribution in [2.24, 2.45) is 0 Å². The number of hydrogen-bond acceptors (Lipinski definition) is 3. The summed E-state index contributed by atoms with van der Waals surface area (Å²) in [5, 5.41) is 2.19. The molecule has 0 aliphatic carbocycles. The number of hydrogen-bond donors (Lipinski definition) is 1. The molecule has 1 heterocycles. The third-order valence-corrected chi connectivity index (χ3v) is 5.34. The maximum atomic E-state index is 11.7. The van der Waals surface area contributed by atoms with E-state index in [0.717, 1.165) is 19.3 Å². The highest BCUT2D eigenvalue weighted by Gasteiger charge is 2.29. The van der Waals surface area contributed by atoms with Gasteiger partial charge in [-0.2, -0.15) is 0 Å². The van der Waals surface area contributed by atoms with E-state index in [1.807, 2.05) is 0 Å². The Morgan fingerprint density at radius 1 is 0.667 bits per heavy atom. The summed E-state index contributed by atoms with van der Waals surface area (Å²) >= 11 is 0. The quantitative estimate of drug-likeness (QED) is 0.259. The normalized spacial score (nSPS) is 14.7. The van der Waals surface area contributed by atoms with Gasteiger partial charge in [0.25, 0.3) is 0 Å². The van der Waals surface area contributed by atoms with Gasteiger partial charge in [-0.1, -0.05) is 103 Å². The van der Waals surface area contributed by atoms with Crippen molar-refractivity contribution in [1.82, 2.24) is 10.2 Å². The summed E-state index contributed by atoms with van der Waals surface area (Å²) < 4.78 is 0. The number of nitrogens with zero attached hydrogens (tertiary/aromatic N) is 1. The summed E-state index contributed by atoms with van der Waals surface area (Å²) in [7, 11) is 0. The summed E-state index contributed by atoms with van der Waals surface area (Å²) in [5.41, 5.74) is 0. The van der Waals surface area contributed by atoms with Crippen molar-refractivity contribution < 1.29 is 14.4 Å². The second-order valence-electron chi connectivity index (χ2n) is 7.88. The molecule has 27 heavy (non-hydrogen) atoms. The molecule has 0 saturated carbocycles. The van der Waals surface area contributed by atoms with Gasteiger partial charge in [0.2, 0.25) is 11.8 Å². The van der Waals surface area contributed by atoms with E-state index in [1.165, 1.54) is 88.4 Å². The summed E-state index contributed by atoms with van der Waals surface area (Å²) in [6.45, 7) is 2.69. The number of rotatable bonds is 17. The molecule has 0 bridgehead atoms. The van der Waals surface area contributed by atoms with Crippen molar-refractivity contribution in [3.05, 3.63) is 0 Å². The first-order valence-electron chi connectivity index (χ1n) is 11.3. The largest absolute Gasteiger partial charge is 0.330 e. The molecule has 0 aromatic heterocycles. The standard InChI is InChI=1S/C22H40N2O3/c1-2-3-4-5-6-7-8-9-10-11-12-13-14-15-16-17-18-24-21(26)19-20(25)23-22(24)27/h2-19H2,1H3,(H,23,25,27). The Balaban J connectivity index is 1.81. The second-order valence-corrected chi connectivity index (χ2v) is 7.88. The van der Waals surface area contributed by atoms with Crippen LogP contribution >= 0.6 is 0 Å². The van der Waals surface area contributed by atoms with Gasteiger partial charge in [-0.3, -0.25) is 19.8 Å². The average Bonchev–Trinajstić information content (AvgIpc) is 2.63. The highest BCUT2D eigenvalue weighted by atomic mass is 16.2. The van der Waals surface area contributed by atoms with E-state index >= 15 is 0 Å². The van der Waals surface area contributed by atoms with Crippen LogP contribution in [0, 0.1) is 0 Å². The lowest BCUT2D eigenvalue weighted by Gasteiger charge is -2.24. The number of amides is 4. The minimum Gasteiger partial charge on any atom is -0.277 e. The van der Waals surface area contributed by atoms with Gasteiger partial charge in [-0.25, -0.2) is 4.79 Å². The van der Waals surface area contributed by atoms with Crippen LogP contribution in [0.2, 0.25) is 0 Å². The van der Waals surface area contributed by atoms with E-state index in [9.17, 15) is 14.4 Å². The van der Waals surface area contributed by atoms with Gasteiger partial charge in [-0.15, -0.1) is 0 Å². The van der Waals surface area contributed by atoms with E-state index in [2.05, 4.69) is 12.2 Å². The number of carbonyl (C=O) groups is 3. The second kappa shape index (κ2) is 15.6. The van der Waals surface area contributed by atoms with Crippen molar-refractivity contribution >= 4 is 17.8 Å². The molecule has 1 aliphatic heterocycles. The first-order chi connectivity index (χ1) is 13.1. The number of urea groups is 1. The van der Waals surface area contributed by atoms with E-state index in [-0.39, 0.29) is 12.3 Å². The number of carbonyl (C=O) groups excluding carboxylic acids is 3. The van der Waals surface area contributed by atoms with Crippen molar-refractivity contribution in [1.29, 1.82) is 0 Å². The summed E-state index contributed by atoms with van der Waals surface area (Å²) in [6.07, 6.45) is 20.6. The van der Waals surface area contributed by atoms with Gasteiger partial charge in [0, 0.05) is 6.54 Å². The van der Waals surface area contributed by atoms with E-state index < -0.39 is 11.9 Å². The number of unbranched alkanes of at least 4 members (excludes halogenated alkanes) is 15. The van der Waals surface area contributed by atoms with Crippen LogP contribution in [0.3, 0.4) is 0 Å². The van der Waals surface area contributed by atoms with E-state index in [4.69, 9.17) is 0 Å². The Bertz CT molecular complexity index is 417. The average molecular weight is 381 g/mol. The Labute approximate surface area is 165 Å². The van der Waals surface area contributed by atoms with Crippen LogP contribution in [0.1, 0.15) is 116 Å². The van der Waals surface area contributed by atoms with Crippen molar-refractivity contribution in [3.8, 4) is 0 Å². The number of nitrogens with one attached hydrogen (secondary N) is 1. The molecular formula is C22H40N2O3. The molecule has 5 nitrogen and oxygen atoms in total. The molecule has 0 atom stereocenters. The zero-order valence-corrected chi connectivity index (χ0v) is 17.4. The zero-order valence-electron chi connectivity index (χ0n) is 17.4. The monoisotopic (exact) mass is 380 g/mol. The van der Waals surface area contributed by atoms with Gasteiger partial charge in [0.05, 0.1) is 0 Å². The zero-order chi connectivity index (χ0) is 19.7. The fourth-order valence-electron chi connectivity index (χ4n) is 3.62. The van der Waals surface area contributed by atoms with Crippen LogP contribution in [0.25, 0.3) is 0 Å². The predicted octanol–water partition coefficient (Wildman–Crippen LogP) is 5.72. The van der Waals surface area contributed by atoms with Crippen LogP contribution in [0.5, 0.6) is 0 Å². The number of imide groups is 2. The van der Waals surface area contributed by atoms with Crippen molar-refractivity contribution in [2.75, 3.05) is 6.54 Å². The Hall–Kier alpha value is -1.39. The smallest absolute Gasteiger partial charge is 0.277 e. The van der Waals surface area contributed by atoms with Gasteiger partial charge >= 0.3 is 6.03 Å². The van der Waals surface area contributed by atoms with E-state index in [1.54, 1.807) is 0 Å². The SMILES string of the molecule is CCCCCCCCCCCCCCCCCCN1C(=O)CC(=O)NC1=O. The maximum Gasteiger partial charge on any atom is 0.330 e. The first-order valence-corrected chi connectivity index (χ1v) is 11.3. The lowest BCUT2D eigenvalue weighted by Crippen LogP contribution is -2.52. The molecule has 0 aromatic rings.